The van der Waals surface area contributed by atoms with Crippen LogP contribution in [0.2, 0.25) is 0 Å². The van der Waals surface area contributed by atoms with Crippen molar-refractivity contribution in [3.05, 3.63) is 42.0 Å². The molecule has 2 N–H and O–H groups in total. The first-order valence-electron chi connectivity index (χ1n) is 5.95. The van der Waals surface area contributed by atoms with Crippen LogP contribution in [0.5, 0.6) is 5.75 Å². The van der Waals surface area contributed by atoms with Crippen molar-refractivity contribution in [3.8, 4) is 5.75 Å². The summed E-state index contributed by atoms with van der Waals surface area (Å²) < 4.78 is 5.98. The molecule has 1 unspecified atom stereocenters. The van der Waals surface area contributed by atoms with Crippen molar-refractivity contribution >= 4 is 0 Å². The quantitative estimate of drug-likeness (QED) is 0.789. The summed E-state index contributed by atoms with van der Waals surface area (Å²) in [6.07, 6.45) is 8.05. The van der Waals surface area contributed by atoms with E-state index in [1.165, 1.54) is 12.8 Å². The number of para-hydroxylation sites is 1. The minimum absolute atomic E-state index is 0.0174. The van der Waals surface area contributed by atoms with Crippen molar-refractivity contribution in [3.63, 3.8) is 0 Å². The monoisotopic (exact) mass is 217 g/mol. The maximum Gasteiger partial charge on any atom is 0.124 e. The third kappa shape index (κ3) is 2.64. The fourth-order valence-electron chi connectivity index (χ4n) is 2.01. The van der Waals surface area contributed by atoms with Crippen LogP contribution in [-0.4, -0.2) is 6.10 Å². The Morgan fingerprint density at radius 3 is 2.88 bits per heavy atom. The zero-order chi connectivity index (χ0) is 11.4. The van der Waals surface area contributed by atoms with E-state index in [-0.39, 0.29) is 12.1 Å². The molecule has 16 heavy (non-hydrogen) atoms. The summed E-state index contributed by atoms with van der Waals surface area (Å²) in [4.78, 5) is 0. The molecule has 0 spiro atoms. The zero-order valence-corrected chi connectivity index (χ0v) is 9.73. The van der Waals surface area contributed by atoms with Crippen LogP contribution >= 0.6 is 0 Å². The third-order valence-corrected chi connectivity index (χ3v) is 2.90. The van der Waals surface area contributed by atoms with Gasteiger partial charge in [-0.1, -0.05) is 24.3 Å². The fraction of sp³-hybridized carbons (Fsp3) is 0.429. The van der Waals surface area contributed by atoms with Crippen molar-refractivity contribution in [2.24, 2.45) is 5.73 Å². The SMILES string of the molecule is C[C@H](N)c1ccccc1OC1C=CCCC1. The standard InChI is InChI=1S/C14H19NO/c1-11(15)13-9-5-6-10-14(13)16-12-7-3-2-4-8-12/h3,5-7,9-12H,2,4,8,15H2,1H3/t11-,12?/m0/s1. The minimum atomic E-state index is 0.0174. The van der Waals surface area contributed by atoms with Crippen LogP contribution in [-0.2, 0) is 0 Å². The maximum absolute atomic E-state index is 5.98. The Labute approximate surface area is 97.1 Å². The summed E-state index contributed by atoms with van der Waals surface area (Å²) in [7, 11) is 0. The molecule has 86 valence electrons. The van der Waals surface area contributed by atoms with Crippen LogP contribution in [0.15, 0.2) is 36.4 Å². The van der Waals surface area contributed by atoms with Crippen LogP contribution in [0.4, 0.5) is 0 Å². The molecule has 2 rings (SSSR count). The van der Waals surface area contributed by atoms with E-state index in [0.29, 0.717) is 0 Å². The Balaban J connectivity index is 2.13. The highest BCUT2D eigenvalue weighted by Gasteiger charge is 2.13. The normalized spacial score (nSPS) is 21.8. The second-order valence-corrected chi connectivity index (χ2v) is 4.34. The lowest BCUT2D eigenvalue weighted by Crippen LogP contribution is -2.17. The molecule has 2 atom stereocenters. The van der Waals surface area contributed by atoms with E-state index in [1.54, 1.807) is 0 Å². The number of hydrogen-bond donors (Lipinski definition) is 1. The van der Waals surface area contributed by atoms with Crippen molar-refractivity contribution < 1.29 is 4.74 Å². The summed E-state index contributed by atoms with van der Waals surface area (Å²) in [6, 6.07) is 8.05. The molecule has 0 aliphatic heterocycles. The van der Waals surface area contributed by atoms with Gasteiger partial charge in [-0.2, -0.15) is 0 Å². The van der Waals surface area contributed by atoms with Crippen LogP contribution < -0.4 is 10.5 Å². The minimum Gasteiger partial charge on any atom is -0.486 e. The molecule has 1 aliphatic carbocycles. The summed E-state index contributed by atoms with van der Waals surface area (Å²) in [5, 5.41) is 0. The maximum atomic E-state index is 5.98. The van der Waals surface area contributed by atoms with E-state index < -0.39 is 0 Å². The Bertz CT molecular complexity index is 371. The van der Waals surface area contributed by atoms with Gasteiger partial charge in [0.05, 0.1) is 0 Å². The number of hydrogen-bond acceptors (Lipinski definition) is 2. The van der Waals surface area contributed by atoms with Gasteiger partial charge in [0.1, 0.15) is 11.9 Å². The molecule has 1 aromatic rings. The van der Waals surface area contributed by atoms with Crippen LogP contribution in [0.3, 0.4) is 0 Å². The lowest BCUT2D eigenvalue weighted by atomic mass is 10.0. The van der Waals surface area contributed by atoms with Crippen molar-refractivity contribution in [1.82, 2.24) is 0 Å². The fourth-order valence-corrected chi connectivity index (χ4v) is 2.01. The van der Waals surface area contributed by atoms with Crippen molar-refractivity contribution in [2.75, 3.05) is 0 Å². The van der Waals surface area contributed by atoms with Crippen molar-refractivity contribution in [1.29, 1.82) is 0 Å². The number of allylic oxidation sites excluding steroid dienone is 1. The van der Waals surface area contributed by atoms with Gasteiger partial charge in [-0.15, -0.1) is 0 Å². The average molecular weight is 217 g/mol. The molecule has 0 fully saturated rings. The van der Waals surface area contributed by atoms with Gasteiger partial charge >= 0.3 is 0 Å². The first-order chi connectivity index (χ1) is 7.77. The molecular formula is C14H19NO. The molecule has 1 aromatic carbocycles. The van der Waals surface area contributed by atoms with E-state index >= 15 is 0 Å². The summed E-state index contributed by atoms with van der Waals surface area (Å²) in [5.74, 6) is 0.925. The summed E-state index contributed by atoms with van der Waals surface area (Å²) in [6.45, 7) is 1.99. The highest BCUT2D eigenvalue weighted by atomic mass is 16.5. The number of ether oxygens (including phenoxy) is 1. The van der Waals surface area contributed by atoms with Gasteiger partial charge in [-0.3, -0.25) is 0 Å². The van der Waals surface area contributed by atoms with Crippen LogP contribution in [0.1, 0.15) is 37.8 Å². The van der Waals surface area contributed by atoms with E-state index in [1.807, 2.05) is 31.2 Å². The topological polar surface area (TPSA) is 35.2 Å². The molecule has 0 aromatic heterocycles. The predicted molar refractivity (Wildman–Crippen MR) is 66.5 cm³/mol. The van der Waals surface area contributed by atoms with E-state index in [4.69, 9.17) is 10.5 Å². The number of nitrogens with two attached hydrogens (primary N) is 1. The Morgan fingerprint density at radius 2 is 2.19 bits per heavy atom. The molecule has 2 heteroatoms. The van der Waals surface area contributed by atoms with Crippen LogP contribution in [0.25, 0.3) is 0 Å². The van der Waals surface area contributed by atoms with Gasteiger partial charge in [0.15, 0.2) is 0 Å². The first kappa shape index (κ1) is 11.2. The molecule has 0 bridgehead atoms. The highest BCUT2D eigenvalue weighted by molar-refractivity contribution is 5.35. The van der Waals surface area contributed by atoms with Gasteiger partial charge in [0, 0.05) is 11.6 Å². The summed E-state index contributed by atoms with van der Waals surface area (Å²) in [5.41, 5.74) is 7.01. The van der Waals surface area contributed by atoms with E-state index in [9.17, 15) is 0 Å². The summed E-state index contributed by atoms with van der Waals surface area (Å²) >= 11 is 0. The molecule has 1 aliphatic rings. The highest BCUT2D eigenvalue weighted by Crippen LogP contribution is 2.26. The molecular weight excluding hydrogens is 198 g/mol. The zero-order valence-electron chi connectivity index (χ0n) is 9.73. The average Bonchev–Trinajstić information content (AvgIpc) is 2.31. The smallest absolute Gasteiger partial charge is 0.124 e. The van der Waals surface area contributed by atoms with Crippen LogP contribution in [0, 0.1) is 0 Å². The second kappa shape index (κ2) is 5.17. The van der Waals surface area contributed by atoms with Gasteiger partial charge in [-0.25, -0.2) is 0 Å². The molecule has 2 nitrogen and oxygen atoms in total. The van der Waals surface area contributed by atoms with E-state index in [0.717, 1.165) is 17.7 Å². The largest absolute Gasteiger partial charge is 0.486 e. The second-order valence-electron chi connectivity index (χ2n) is 4.34. The van der Waals surface area contributed by atoms with Gasteiger partial charge < -0.3 is 10.5 Å². The van der Waals surface area contributed by atoms with Crippen molar-refractivity contribution in [2.45, 2.75) is 38.3 Å². The molecule has 0 amide bonds. The van der Waals surface area contributed by atoms with Gasteiger partial charge in [0.25, 0.3) is 0 Å². The third-order valence-electron chi connectivity index (χ3n) is 2.90. The number of rotatable bonds is 3. The molecule has 0 saturated carbocycles. The Kier molecular flexibility index (Phi) is 3.62. The Hall–Kier alpha value is -1.28. The lowest BCUT2D eigenvalue weighted by Gasteiger charge is -2.21. The molecule has 0 radical (unpaired) electrons. The number of benzene rings is 1. The Morgan fingerprint density at radius 1 is 1.38 bits per heavy atom. The first-order valence-corrected chi connectivity index (χ1v) is 5.95. The van der Waals surface area contributed by atoms with Gasteiger partial charge in [0.2, 0.25) is 0 Å². The van der Waals surface area contributed by atoms with Gasteiger partial charge in [-0.05, 0) is 38.3 Å². The molecule has 0 heterocycles. The predicted octanol–water partition coefficient (Wildman–Crippen LogP) is 3.19. The molecule has 0 saturated heterocycles. The van der Waals surface area contributed by atoms with E-state index in [2.05, 4.69) is 12.2 Å². The lowest BCUT2D eigenvalue weighted by molar-refractivity contribution is 0.227.